The van der Waals surface area contributed by atoms with Gasteiger partial charge in [0.15, 0.2) is 5.82 Å². The van der Waals surface area contributed by atoms with Crippen molar-refractivity contribution in [2.24, 2.45) is 0 Å². The van der Waals surface area contributed by atoms with Gasteiger partial charge in [-0.15, -0.1) is 0 Å². The van der Waals surface area contributed by atoms with Crippen LogP contribution < -0.4 is 5.32 Å². The molecule has 1 fully saturated rings. The summed E-state index contributed by atoms with van der Waals surface area (Å²) in [4.78, 5) is 9.24. The Labute approximate surface area is 113 Å². The number of hydrogen-bond donors (Lipinski definition) is 1. The lowest BCUT2D eigenvalue weighted by molar-refractivity contribution is 0.808. The molecule has 1 aliphatic rings. The van der Waals surface area contributed by atoms with E-state index in [4.69, 9.17) is 0 Å². The zero-order valence-corrected chi connectivity index (χ0v) is 11.4. The van der Waals surface area contributed by atoms with Gasteiger partial charge in [-0.1, -0.05) is 6.92 Å². The van der Waals surface area contributed by atoms with Crippen molar-refractivity contribution in [2.75, 3.05) is 11.9 Å². The second kappa shape index (κ2) is 4.99. The Hall–Kier alpha value is -1.91. The summed E-state index contributed by atoms with van der Waals surface area (Å²) in [6, 6.07) is 1.97. The van der Waals surface area contributed by atoms with E-state index in [0.717, 1.165) is 36.0 Å². The lowest BCUT2D eigenvalue weighted by Gasteiger charge is -2.09. The van der Waals surface area contributed by atoms with Crippen molar-refractivity contribution in [1.29, 1.82) is 0 Å². The highest BCUT2D eigenvalue weighted by molar-refractivity contribution is 5.42. The van der Waals surface area contributed by atoms with Crippen LogP contribution in [-0.4, -0.2) is 26.3 Å². The highest BCUT2D eigenvalue weighted by Gasteiger charge is 2.27. The highest BCUT2D eigenvalue weighted by atomic mass is 15.3. The Morgan fingerprint density at radius 3 is 2.84 bits per heavy atom. The number of aryl methyl sites for hydroxylation is 1. The van der Waals surface area contributed by atoms with Crippen LogP contribution in [0, 0.1) is 6.92 Å². The maximum atomic E-state index is 4.64. The van der Waals surface area contributed by atoms with E-state index >= 15 is 0 Å². The van der Waals surface area contributed by atoms with Crippen LogP contribution in [0.25, 0.3) is 5.82 Å². The summed E-state index contributed by atoms with van der Waals surface area (Å²) in [7, 11) is 0. The first-order valence-electron chi connectivity index (χ1n) is 6.90. The van der Waals surface area contributed by atoms with E-state index in [1.165, 1.54) is 12.8 Å². The van der Waals surface area contributed by atoms with Crippen molar-refractivity contribution in [3.05, 3.63) is 29.8 Å². The molecule has 1 aliphatic carbocycles. The van der Waals surface area contributed by atoms with Crippen molar-refractivity contribution in [3.8, 4) is 5.82 Å². The van der Waals surface area contributed by atoms with Crippen LogP contribution in [0.4, 0.5) is 5.82 Å². The highest BCUT2D eigenvalue weighted by Crippen LogP contribution is 2.38. The van der Waals surface area contributed by atoms with Crippen LogP contribution in [0.15, 0.2) is 18.5 Å². The summed E-state index contributed by atoms with van der Waals surface area (Å²) in [6.07, 6.45) is 7.32. The minimum Gasteiger partial charge on any atom is -0.370 e. The summed E-state index contributed by atoms with van der Waals surface area (Å²) in [5.41, 5.74) is 1.13. The van der Waals surface area contributed by atoms with E-state index in [1.807, 2.05) is 30.1 Å². The molecule has 100 valence electrons. The molecule has 2 aromatic rings. The Balaban J connectivity index is 1.95. The number of nitrogens with zero attached hydrogens (tertiary/aromatic N) is 4. The third kappa shape index (κ3) is 2.75. The van der Waals surface area contributed by atoms with Gasteiger partial charge >= 0.3 is 0 Å². The molecule has 1 N–H and O–H groups in total. The average molecular weight is 257 g/mol. The van der Waals surface area contributed by atoms with Gasteiger partial charge in [-0.3, -0.25) is 0 Å². The zero-order chi connectivity index (χ0) is 13.2. The molecule has 0 unspecified atom stereocenters. The molecule has 2 heterocycles. The van der Waals surface area contributed by atoms with E-state index in [-0.39, 0.29) is 0 Å². The van der Waals surface area contributed by atoms with Gasteiger partial charge in [0.05, 0.1) is 6.20 Å². The summed E-state index contributed by atoms with van der Waals surface area (Å²) in [5.74, 6) is 3.24. The quantitative estimate of drug-likeness (QED) is 0.894. The molecule has 0 radical (unpaired) electrons. The third-order valence-electron chi connectivity index (χ3n) is 3.17. The summed E-state index contributed by atoms with van der Waals surface area (Å²) in [6.45, 7) is 5.11. The van der Waals surface area contributed by atoms with Gasteiger partial charge in [-0.25, -0.2) is 14.6 Å². The number of rotatable bonds is 5. The fraction of sp³-hybridized carbons (Fsp3) is 0.500. The number of anilines is 1. The number of nitrogens with one attached hydrogen (secondary N) is 1. The lowest BCUT2D eigenvalue weighted by atomic mass is 10.3. The Bertz CT molecular complexity index is 571. The van der Waals surface area contributed by atoms with E-state index < -0.39 is 0 Å². The van der Waals surface area contributed by atoms with Crippen LogP contribution in [0.1, 0.15) is 43.5 Å². The van der Waals surface area contributed by atoms with Crippen LogP contribution in [0.5, 0.6) is 0 Å². The van der Waals surface area contributed by atoms with Crippen LogP contribution in [0.2, 0.25) is 0 Å². The standard InChI is InChI=1S/C14H19N5/c1-3-6-15-12-7-13(19-9-10(2)8-16-19)18-14(17-12)11-4-5-11/h7-9,11H,3-6H2,1-2H3,(H,15,17,18). The van der Waals surface area contributed by atoms with E-state index in [2.05, 4.69) is 27.3 Å². The van der Waals surface area contributed by atoms with Crippen LogP contribution >= 0.6 is 0 Å². The van der Waals surface area contributed by atoms with Crippen molar-refractivity contribution >= 4 is 5.82 Å². The lowest BCUT2D eigenvalue weighted by Crippen LogP contribution is -2.08. The maximum absolute atomic E-state index is 4.64. The van der Waals surface area contributed by atoms with E-state index in [9.17, 15) is 0 Å². The Morgan fingerprint density at radius 2 is 2.21 bits per heavy atom. The molecule has 5 heteroatoms. The second-order valence-electron chi connectivity index (χ2n) is 5.13. The van der Waals surface area contributed by atoms with Gasteiger partial charge in [0.2, 0.25) is 0 Å². The van der Waals surface area contributed by atoms with Gasteiger partial charge in [0.1, 0.15) is 11.6 Å². The van der Waals surface area contributed by atoms with Crippen LogP contribution in [0.3, 0.4) is 0 Å². The van der Waals surface area contributed by atoms with Crippen molar-refractivity contribution < 1.29 is 0 Å². The molecule has 3 rings (SSSR count). The summed E-state index contributed by atoms with van der Waals surface area (Å²) in [5, 5.41) is 7.67. The Morgan fingerprint density at radius 1 is 1.37 bits per heavy atom. The molecule has 0 saturated heterocycles. The third-order valence-corrected chi connectivity index (χ3v) is 3.17. The van der Waals surface area contributed by atoms with Gasteiger partial charge in [0.25, 0.3) is 0 Å². The van der Waals surface area contributed by atoms with Crippen molar-refractivity contribution in [2.45, 2.75) is 39.0 Å². The zero-order valence-electron chi connectivity index (χ0n) is 11.4. The predicted octanol–water partition coefficient (Wildman–Crippen LogP) is 2.67. The molecular formula is C14H19N5. The molecule has 0 aromatic carbocycles. The molecule has 0 aliphatic heterocycles. The minimum absolute atomic E-state index is 0.541. The fourth-order valence-corrected chi connectivity index (χ4v) is 1.98. The van der Waals surface area contributed by atoms with Crippen LogP contribution in [-0.2, 0) is 0 Å². The maximum Gasteiger partial charge on any atom is 0.159 e. The molecule has 0 bridgehead atoms. The molecule has 0 spiro atoms. The predicted molar refractivity (Wildman–Crippen MR) is 74.6 cm³/mol. The van der Waals surface area contributed by atoms with Crippen molar-refractivity contribution in [1.82, 2.24) is 19.7 Å². The summed E-state index contributed by atoms with van der Waals surface area (Å²) < 4.78 is 1.82. The number of hydrogen-bond acceptors (Lipinski definition) is 4. The van der Waals surface area contributed by atoms with Gasteiger partial charge in [-0.05, 0) is 31.7 Å². The Kier molecular flexibility index (Phi) is 3.19. The fourth-order valence-electron chi connectivity index (χ4n) is 1.98. The first-order chi connectivity index (χ1) is 9.26. The largest absolute Gasteiger partial charge is 0.370 e. The minimum atomic E-state index is 0.541. The smallest absolute Gasteiger partial charge is 0.159 e. The molecule has 19 heavy (non-hydrogen) atoms. The normalized spacial score (nSPS) is 14.6. The van der Waals surface area contributed by atoms with Crippen molar-refractivity contribution in [3.63, 3.8) is 0 Å². The molecular weight excluding hydrogens is 238 g/mol. The second-order valence-corrected chi connectivity index (χ2v) is 5.13. The molecule has 0 amide bonds. The van der Waals surface area contributed by atoms with E-state index in [1.54, 1.807) is 0 Å². The number of aromatic nitrogens is 4. The molecule has 2 aromatic heterocycles. The molecule has 5 nitrogen and oxygen atoms in total. The summed E-state index contributed by atoms with van der Waals surface area (Å²) >= 11 is 0. The first-order valence-corrected chi connectivity index (χ1v) is 6.90. The van der Waals surface area contributed by atoms with Gasteiger partial charge in [0, 0.05) is 24.7 Å². The monoisotopic (exact) mass is 257 g/mol. The molecule has 0 atom stereocenters. The van der Waals surface area contributed by atoms with E-state index in [0.29, 0.717) is 5.92 Å². The molecule has 1 saturated carbocycles. The SMILES string of the molecule is CCCNc1cc(-n2cc(C)cn2)nc(C2CC2)n1. The average Bonchev–Trinajstić information content (AvgIpc) is 3.18. The first kappa shape index (κ1) is 12.1. The van der Waals surface area contributed by atoms with Gasteiger partial charge < -0.3 is 5.32 Å². The van der Waals surface area contributed by atoms with Gasteiger partial charge in [-0.2, -0.15) is 5.10 Å². The topological polar surface area (TPSA) is 55.6 Å².